The largest absolute Gasteiger partial charge is 0.508 e. The van der Waals surface area contributed by atoms with Gasteiger partial charge in [-0.05, 0) is 36.6 Å². The summed E-state index contributed by atoms with van der Waals surface area (Å²) in [5.74, 6) is -0.849. The molecule has 2 atom stereocenters. The van der Waals surface area contributed by atoms with Crippen molar-refractivity contribution in [2.24, 2.45) is 5.92 Å². The molecule has 1 saturated heterocycles. The Bertz CT molecular complexity index is 924. The number of carbonyl (C=O) groups is 1. The predicted molar refractivity (Wildman–Crippen MR) is 101 cm³/mol. The van der Waals surface area contributed by atoms with Crippen molar-refractivity contribution in [3.05, 3.63) is 59.7 Å². The standard InChI is InChI=1S/C20H23NO5S/c1-14-7-9-16(10-8-14)27(24,25)21-12-15(11-20(23)26-2)18(13-21)17-5-3-4-6-19(17)22/h3-10,15,18,22H,11-13H2,1-2H3/t15-,18+/m0/s1. The second-order valence-corrected chi connectivity index (χ2v) is 8.78. The van der Waals surface area contributed by atoms with Crippen LogP contribution in [0.2, 0.25) is 0 Å². The molecule has 1 fully saturated rings. The number of carbonyl (C=O) groups excluding carboxylic acids is 1. The molecule has 0 saturated carbocycles. The zero-order valence-electron chi connectivity index (χ0n) is 15.3. The third-order valence-corrected chi connectivity index (χ3v) is 6.90. The Hall–Kier alpha value is -2.38. The molecule has 0 unspecified atom stereocenters. The SMILES string of the molecule is COC(=O)C[C@H]1CN(S(=O)(=O)c2ccc(C)cc2)C[C@H]1c1ccccc1O. The number of sulfonamides is 1. The number of phenolic OH excluding ortho intramolecular Hbond substituents is 1. The molecule has 1 aliphatic rings. The first-order chi connectivity index (χ1) is 12.8. The average molecular weight is 389 g/mol. The summed E-state index contributed by atoms with van der Waals surface area (Å²) >= 11 is 0. The van der Waals surface area contributed by atoms with Crippen LogP contribution >= 0.6 is 0 Å². The Morgan fingerprint density at radius 2 is 1.81 bits per heavy atom. The molecule has 0 aliphatic carbocycles. The average Bonchev–Trinajstić information content (AvgIpc) is 3.06. The number of hydrogen-bond acceptors (Lipinski definition) is 5. The molecule has 0 radical (unpaired) electrons. The third kappa shape index (κ3) is 3.99. The first kappa shape index (κ1) is 19.4. The van der Waals surface area contributed by atoms with E-state index in [1.807, 2.05) is 6.92 Å². The lowest BCUT2D eigenvalue weighted by atomic mass is 9.86. The zero-order valence-corrected chi connectivity index (χ0v) is 16.1. The summed E-state index contributed by atoms with van der Waals surface area (Å²) in [7, 11) is -2.37. The van der Waals surface area contributed by atoms with Gasteiger partial charge in [-0.25, -0.2) is 8.42 Å². The lowest BCUT2D eigenvalue weighted by molar-refractivity contribution is -0.141. The molecule has 1 heterocycles. The van der Waals surface area contributed by atoms with Crippen molar-refractivity contribution in [2.45, 2.75) is 24.2 Å². The second-order valence-electron chi connectivity index (χ2n) is 6.84. The lowest BCUT2D eigenvalue weighted by Crippen LogP contribution is -2.29. The fourth-order valence-electron chi connectivity index (χ4n) is 3.54. The van der Waals surface area contributed by atoms with E-state index >= 15 is 0 Å². The van der Waals surface area contributed by atoms with Gasteiger partial charge >= 0.3 is 5.97 Å². The van der Waals surface area contributed by atoms with Crippen LogP contribution < -0.4 is 0 Å². The van der Waals surface area contributed by atoms with Gasteiger partial charge in [0.25, 0.3) is 0 Å². The van der Waals surface area contributed by atoms with Crippen molar-refractivity contribution in [2.75, 3.05) is 20.2 Å². The summed E-state index contributed by atoms with van der Waals surface area (Å²) in [6.45, 7) is 2.30. The van der Waals surface area contributed by atoms with E-state index in [-0.39, 0.29) is 42.0 Å². The highest BCUT2D eigenvalue weighted by Gasteiger charge is 2.41. The summed E-state index contributed by atoms with van der Waals surface area (Å²) in [6.07, 6.45) is 0.0927. The molecule has 144 valence electrons. The minimum atomic E-state index is -3.69. The molecule has 0 aromatic heterocycles. The molecule has 27 heavy (non-hydrogen) atoms. The van der Waals surface area contributed by atoms with E-state index < -0.39 is 16.0 Å². The third-order valence-electron chi connectivity index (χ3n) is 5.06. The summed E-state index contributed by atoms with van der Waals surface area (Å²) in [4.78, 5) is 12.1. The van der Waals surface area contributed by atoms with Crippen molar-refractivity contribution in [1.29, 1.82) is 0 Å². The van der Waals surface area contributed by atoms with Crippen LogP contribution in [-0.2, 0) is 19.6 Å². The smallest absolute Gasteiger partial charge is 0.305 e. The molecular weight excluding hydrogens is 366 g/mol. The molecule has 3 rings (SSSR count). The summed E-state index contributed by atoms with van der Waals surface area (Å²) < 4.78 is 32.3. The number of hydrogen-bond donors (Lipinski definition) is 1. The van der Waals surface area contributed by atoms with E-state index in [9.17, 15) is 18.3 Å². The minimum Gasteiger partial charge on any atom is -0.508 e. The van der Waals surface area contributed by atoms with Gasteiger partial charge in [-0.3, -0.25) is 4.79 Å². The summed E-state index contributed by atoms with van der Waals surface area (Å²) in [6, 6.07) is 13.5. The van der Waals surface area contributed by atoms with Crippen LogP contribution in [0.3, 0.4) is 0 Å². The maximum Gasteiger partial charge on any atom is 0.305 e. The van der Waals surface area contributed by atoms with E-state index in [1.165, 1.54) is 11.4 Å². The number of aromatic hydroxyl groups is 1. The van der Waals surface area contributed by atoms with Gasteiger partial charge in [0.05, 0.1) is 18.4 Å². The van der Waals surface area contributed by atoms with Crippen molar-refractivity contribution < 1.29 is 23.1 Å². The Balaban J connectivity index is 1.93. The van der Waals surface area contributed by atoms with Crippen molar-refractivity contribution in [1.82, 2.24) is 4.31 Å². The second kappa shape index (κ2) is 7.70. The van der Waals surface area contributed by atoms with Crippen LogP contribution in [-0.4, -0.2) is 44.0 Å². The van der Waals surface area contributed by atoms with Crippen LogP contribution in [0.5, 0.6) is 5.75 Å². The van der Waals surface area contributed by atoms with Crippen molar-refractivity contribution >= 4 is 16.0 Å². The maximum atomic E-state index is 13.1. The van der Waals surface area contributed by atoms with Gasteiger partial charge in [0.15, 0.2) is 0 Å². The Kier molecular flexibility index (Phi) is 5.53. The van der Waals surface area contributed by atoms with E-state index in [1.54, 1.807) is 48.5 Å². The number of para-hydroxylation sites is 1. The van der Waals surface area contributed by atoms with E-state index in [0.717, 1.165) is 5.56 Å². The Morgan fingerprint density at radius 1 is 1.15 bits per heavy atom. The molecule has 0 spiro atoms. The molecule has 2 aromatic rings. The van der Waals surface area contributed by atoms with Gasteiger partial charge in [-0.15, -0.1) is 0 Å². The lowest BCUT2D eigenvalue weighted by Gasteiger charge is -2.18. The molecule has 1 N–H and O–H groups in total. The van der Waals surface area contributed by atoms with Gasteiger partial charge in [0.1, 0.15) is 5.75 Å². The number of esters is 1. The molecular formula is C20H23NO5S. The highest BCUT2D eigenvalue weighted by molar-refractivity contribution is 7.89. The first-order valence-electron chi connectivity index (χ1n) is 8.74. The first-order valence-corrected chi connectivity index (χ1v) is 10.2. The predicted octanol–water partition coefficient (Wildman–Crippen LogP) is 2.67. The summed E-state index contributed by atoms with van der Waals surface area (Å²) in [5.41, 5.74) is 1.62. The highest BCUT2D eigenvalue weighted by atomic mass is 32.2. The van der Waals surface area contributed by atoms with Crippen LogP contribution in [0, 0.1) is 12.8 Å². The van der Waals surface area contributed by atoms with E-state index in [2.05, 4.69) is 0 Å². The van der Waals surface area contributed by atoms with Crippen molar-refractivity contribution in [3.63, 3.8) is 0 Å². The topological polar surface area (TPSA) is 83.9 Å². The van der Waals surface area contributed by atoms with E-state index in [0.29, 0.717) is 5.56 Å². The fraction of sp³-hybridized carbons (Fsp3) is 0.350. The monoisotopic (exact) mass is 389 g/mol. The van der Waals surface area contributed by atoms with Gasteiger partial charge in [0.2, 0.25) is 10.0 Å². The number of benzene rings is 2. The Morgan fingerprint density at radius 3 is 2.44 bits per heavy atom. The van der Waals surface area contributed by atoms with Crippen LogP contribution in [0.25, 0.3) is 0 Å². The van der Waals surface area contributed by atoms with Gasteiger partial charge in [-0.2, -0.15) is 4.31 Å². The molecule has 1 aliphatic heterocycles. The fourth-order valence-corrected chi connectivity index (χ4v) is 5.07. The van der Waals surface area contributed by atoms with Crippen molar-refractivity contribution in [3.8, 4) is 5.75 Å². The molecule has 7 heteroatoms. The van der Waals surface area contributed by atoms with Crippen LogP contribution in [0.15, 0.2) is 53.4 Å². The normalized spacial score (nSPS) is 20.5. The quantitative estimate of drug-likeness (QED) is 0.795. The Labute approximate surface area is 159 Å². The zero-order chi connectivity index (χ0) is 19.6. The van der Waals surface area contributed by atoms with Gasteiger partial charge in [0, 0.05) is 19.0 Å². The maximum absolute atomic E-state index is 13.1. The molecule has 0 bridgehead atoms. The van der Waals surface area contributed by atoms with Crippen LogP contribution in [0.1, 0.15) is 23.5 Å². The molecule has 0 amide bonds. The number of phenols is 1. The minimum absolute atomic E-state index is 0.0927. The molecule has 6 nitrogen and oxygen atoms in total. The number of nitrogens with zero attached hydrogens (tertiary/aromatic N) is 1. The number of methoxy groups -OCH3 is 1. The summed E-state index contributed by atoms with van der Waals surface area (Å²) in [5, 5.41) is 10.2. The van der Waals surface area contributed by atoms with Gasteiger partial charge < -0.3 is 9.84 Å². The highest BCUT2D eigenvalue weighted by Crippen LogP contribution is 2.40. The van der Waals surface area contributed by atoms with Gasteiger partial charge in [-0.1, -0.05) is 35.9 Å². The van der Waals surface area contributed by atoms with Crippen LogP contribution in [0.4, 0.5) is 0 Å². The van der Waals surface area contributed by atoms with E-state index in [4.69, 9.17) is 4.74 Å². The number of aryl methyl sites for hydroxylation is 1. The number of rotatable bonds is 5. The number of ether oxygens (including phenoxy) is 1. The molecule has 2 aromatic carbocycles.